The highest BCUT2D eigenvalue weighted by Gasteiger charge is 2.49. The number of ether oxygens (including phenoxy) is 1. The molecule has 0 radical (unpaired) electrons. The van der Waals surface area contributed by atoms with Crippen molar-refractivity contribution in [3.05, 3.63) is 35.4 Å². The minimum Gasteiger partial charge on any atom is -0.426 e. The zero-order valence-electron chi connectivity index (χ0n) is 14.8. The van der Waals surface area contributed by atoms with Gasteiger partial charge in [0.05, 0.1) is 5.41 Å². The van der Waals surface area contributed by atoms with E-state index in [0.717, 1.165) is 19.3 Å². The summed E-state index contributed by atoms with van der Waals surface area (Å²) in [5.41, 5.74) is 2.43. The Hall–Kier alpha value is -1.57. The highest BCUT2D eigenvalue weighted by molar-refractivity contribution is 5.79. The number of carbonyl (C=O) groups excluding carboxylic acids is 1. The van der Waals surface area contributed by atoms with Crippen LogP contribution < -0.4 is 4.74 Å². The third kappa shape index (κ3) is 3.36. The lowest BCUT2D eigenvalue weighted by Gasteiger charge is -2.33. The lowest BCUT2D eigenvalue weighted by atomic mass is 9.72. The summed E-state index contributed by atoms with van der Waals surface area (Å²) in [6, 6.07) is 6.04. The van der Waals surface area contributed by atoms with Crippen LogP contribution in [0.25, 0.3) is 6.08 Å². The standard InChI is InChI=1S/C21H28O2/c1-15(2)21(4,14-20(3)11-12-20)19(22)23-18-10-9-16-7-5-6-8-17(16)13-18/h6,8-10,13,15H,5,7,11-12,14H2,1-4H3. The van der Waals surface area contributed by atoms with Crippen LogP contribution in [0, 0.1) is 16.7 Å². The molecule has 2 heteroatoms. The quantitative estimate of drug-likeness (QED) is 0.537. The zero-order chi connectivity index (χ0) is 16.7. The lowest BCUT2D eigenvalue weighted by Crippen LogP contribution is -2.38. The number of fused-ring (bicyclic) bond motifs is 1. The predicted octanol–water partition coefficient (Wildman–Crippen LogP) is 5.40. The van der Waals surface area contributed by atoms with Crippen LogP contribution in [0.4, 0.5) is 0 Å². The molecule has 1 aromatic rings. The van der Waals surface area contributed by atoms with Crippen LogP contribution in [0.3, 0.4) is 0 Å². The Bertz CT molecular complexity index is 637. The molecule has 1 fully saturated rings. The van der Waals surface area contributed by atoms with Gasteiger partial charge in [-0.25, -0.2) is 0 Å². The maximum atomic E-state index is 12.9. The Labute approximate surface area is 139 Å². The molecular weight excluding hydrogens is 284 g/mol. The summed E-state index contributed by atoms with van der Waals surface area (Å²) in [5, 5.41) is 0. The van der Waals surface area contributed by atoms with Crippen LogP contribution in [0.1, 0.15) is 64.5 Å². The Morgan fingerprint density at radius 1 is 1.35 bits per heavy atom. The van der Waals surface area contributed by atoms with E-state index in [1.54, 1.807) is 0 Å². The molecule has 2 aliphatic rings. The monoisotopic (exact) mass is 312 g/mol. The molecule has 0 aliphatic heterocycles. The van der Waals surface area contributed by atoms with Crippen LogP contribution in [-0.2, 0) is 11.2 Å². The Kier molecular flexibility index (Phi) is 4.12. The van der Waals surface area contributed by atoms with Gasteiger partial charge in [0, 0.05) is 0 Å². The van der Waals surface area contributed by atoms with E-state index in [1.165, 1.54) is 24.0 Å². The summed E-state index contributed by atoms with van der Waals surface area (Å²) in [7, 11) is 0. The van der Waals surface area contributed by atoms with Gasteiger partial charge in [-0.2, -0.15) is 0 Å². The first kappa shape index (κ1) is 16.3. The third-order valence-electron chi connectivity index (χ3n) is 5.84. The minimum absolute atomic E-state index is 0.0830. The zero-order valence-corrected chi connectivity index (χ0v) is 14.8. The van der Waals surface area contributed by atoms with Crippen molar-refractivity contribution in [2.75, 3.05) is 0 Å². The van der Waals surface area contributed by atoms with Crippen molar-refractivity contribution < 1.29 is 9.53 Å². The van der Waals surface area contributed by atoms with Crippen LogP contribution in [0.2, 0.25) is 0 Å². The maximum absolute atomic E-state index is 12.9. The van der Waals surface area contributed by atoms with Gasteiger partial charge in [0.25, 0.3) is 0 Å². The van der Waals surface area contributed by atoms with Crippen molar-refractivity contribution in [1.29, 1.82) is 0 Å². The van der Waals surface area contributed by atoms with Crippen molar-refractivity contribution >= 4 is 12.0 Å². The molecule has 2 aliphatic carbocycles. The number of esters is 1. The molecule has 0 amide bonds. The molecule has 0 aromatic heterocycles. The lowest BCUT2D eigenvalue weighted by molar-refractivity contribution is -0.149. The second kappa shape index (κ2) is 5.81. The Balaban J connectivity index is 1.78. The van der Waals surface area contributed by atoms with Gasteiger partial charge in [0.1, 0.15) is 5.75 Å². The van der Waals surface area contributed by atoms with E-state index in [-0.39, 0.29) is 11.9 Å². The van der Waals surface area contributed by atoms with Crippen molar-refractivity contribution in [3.63, 3.8) is 0 Å². The molecule has 2 nitrogen and oxygen atoms in total. The van der Waals surface area contributed by atoms with Gasteiger partial charge in [0.2, 0.25) is 0 Å². The molecule has 0 heterocycles. The molecular formula is C21H28O2. The molecule has 0 N–H and O–H groups in total. The second-order valence-corrected chi connectivity index (χ2v) is 8.25. The molecule has 0 spiro atoms. The van der Waals surface area contributed by atoms with E-state index in [1.807, 2.05) is 12.1 Å². The Morgan fingerprint density at radius 2 is 2.09 bits per heavy atom. The number of aryl methyl sites for hydroxylation is 1. The van der Waals surface area contributed by atoms with Gasteiger partial charge in [-0.3, -0.25) is 4.79 Å². The van der Waals surface area contributed by atoms with Crippen molar-refractivity contribution in [2.24, 2.45) is 16.7 Å². The highest BCUT2D eigenvalue weighted by atomic mass is 16.5. The molecule has 3 rings (SSSR count). The SMILES string of the molecule is CC(C)C(C)(CC1(C)CC1)C(=O)Oc1ccc2c(c1)C=CCC2. The van der Waals surface area contributed by atoms with E-state index in [4.69, 9.17) is 4.74 Å². The number of hydrogen-bond acceptors (Lipinski definition) is 2. The van der Waals surface area contributed by atoms with Crippen LogP contribution >= 0.6 is 0 Å². The molecule has 0 saturated heterocycles. The summed E-state index contributed by atoms with van der Waals surface area (Å²) >= 11 is 0. The summed E-state index contributed by atoms with van der Waals surface area (Å²) in [6.07, 6.45) is 9.85. The minimum atomic E-state index is -0.420. The number of benzene rings is 1. The average Bonchev–Trinajstić information content (AvgIpc) is 3.23. The van der Waals surface area contributed by atoms with Gasteiger partial charge in [-0.1, -0.05) is 39.0 Å². The highest BCUT2D eigenvalue weighted by Crippen LogP contribution is 2.54. The predicted molar refractivity (Wildman–Crippen MR) is 94.3 cm³/mol. The van der Waals surface area contributed by atoms with Gasteiger partial charge >= 0.3 is 5.97 Å². The van der Waals surface area contributed by atoms with Gasteiger partial charge in [-0.05, 0) is 73.6 Å². The fourth-order valence-electron chi connectivity index (χ4n) is 3.48. The first-order valence-electron chi connectivity index (χ1n) is 8.84. The summed E-state index contributed by atoms with van der Waals surface area (Å²) in [5.74, 6) is 0.860. The average molecular weight is 312 g/mol. The fraction of sp³-hybridized carbons (Fsp3) is 0.571. The summed E-state index contributed by atoms with van der Waals surface area (Å²) < 4.78 is 5.81. The molecule has 1 unspecified atom stereocenters. The maximum Gasteiger partial charge on any atom is 0.317 e. The topological polar surface area (TPSA) is 26.3 Å². The molecule has 1 saturated carbocycles. The van der Waals surface area contributed by atoms with E-state index in [0.29, 0.717) is 11.2 Å². The summed E-state index contributed by atoms with van der Waals surface area (Å²) in [4.78, 5) is 12.9. The number of hydrogen-bond donors (Lipinski definition) is 0. The van der Waals surface area contributed by atoms with E-state index >= 15 is 0 Å². The van der Waals surface area contributed by atoms with E-state index < -0.39 is 5.41 Å². The van der Waals surface area contributed by atoms with Gasteiger partial charge < -0.3 is 4.74 Å². The van der Waals surface area contributed by atoms with Gasteiger partial charge in [-0.15, -0.1) is 0 Å². The van der Waals surface area contributed by atoms with Crippen molar-refractivity contribution in [2.45, 2.75) is 59.8 Å². The second-order valence-electron chi connectivity index (χ2n) is 8.25. The van der Waals surface area contributed by atoms with Gasteiger partial charge in [0.15, 0.2) is 0 Å². The van der Waals surface area contributed by atoms with E-state index in [2.05, 4.69) is 45.9 Å². The van der Waals surface area contributed by atoms with Crippen LogP contribution in [-0.4, -0.2) is 5.97 Å². The summed E-state index contributed by atoms with van der Waals surface area (Å²) in [6.45, 7) is 8.61. The van der Waals surface area contributed by atoms with Crippen LogP contribution in [0.15, 0.2) is 24.3 Å². The molecule has 0 bridgehead atoms. The first-order chi connectivity index (χ1) is 10.8. The third-order valence-corrected chi connectivity index (χ3v) is 5.84. The molecule has 1 atom stereocenters. The fourth-order valence-corrected chi connectivity index (χ4v) is 3.48. The number of allylic oxidation sites excluding steroid dienone is 1. The van der Waals surface area contributed by atoms with E-state index in [9.17, 15) is 4.79 Å². The number of rotatable bonds is 5. The smallest absolute Gasteiger partial charge is 0.317 e. The first-order valence-corrected chi connectivity index (χ1v) is 8.84. The Morgan fingerprint density at radius 3 is 2.74 bits per heavy atom. The number of carbonyl (C=O) groups is 1. The largest absolute Gasteiger partial charge is 0.426 e. The molecule has 124 valence electrons. The van der Waals surface area contributed by atoms with Crippen LogP contribution in [0.5, 0.6) is 5.75 Å². The van der Waals surface area contributed by atoms with Crippen molar-refractivity contribution in [3.8, 4) is 5.75 Å². The van der Waals surface area contributed by atoms with Crippen molar-refractivity contribution in [1.82, 2.24) is 0 Å². The molecule has 1 aromatic carbocycles. The molecule has 23 heavy (non-hydrogen) atoms. The normalized spacial score (nSPS) is 20.7.